The molecular formula is C19H20BrClFN3O. The SMILES string of the molecule is O=C(CCc1ccc(F)c(Cl)c1)N1C2CCC1CC(n1cc(Br)cn1)C2. The smallest absolute Gasteiger partial charge is 0.223 e. The molecule has 2 aliphatic heterocycles. The highest BCUT2D eigenvalue weighted by Gasteiger charge is 2.43. The van der Waals surface area contributed by atoms with E-state index in [9.17, 15) is 9.18 Å². The molecule has 1 aromatic carbocycles. The summed E-state index contributed by atoms with van der Waals surface area (Å²) in [6.07, 6.45) is 8.90. The maximum atomic E-state index is 13.3. The Morgan fingerprint density at radius 2 is 2.00 bits per heavy atom. The first-order valence-corrected chi connectivity index (χ1v) is 10.1. The van der Waals surface area contributed by atoms with Crippen LogP contribution in [-0.2, 0) is 11.2 Å². The van der Waals surface area contributed by atoms with Crippen LogP contribution in [-0.4, -0.2) is 32.7 Å². The van der Waals surface area contributed by atoms with Crippen molar-refractivity contribution in [1.82, 2.24) is 14.7 Å². The molecule has 2 aliphatic rings. The van der Waals surface area contributed by atoms with E-state index in [4.69, 9.17) is 11.6 Å². The fourth-order valence-corrected chi connectivity index (χ4v) is 4.87. The molecule has 1 amide bonds. The lowest BCUT2D eigenvalue weighted by Crippen LogP contribution is -2.47. The van der Waals surface area contributed by atoms with E-state index in [1.54, 1.807) is 12.1 Å². The van der Waals surface area contributed by atoms with Crippen molar-refractivity contribution in [3.8, 4) is 0 Å². The van der Waals surface area contributed by atoms with Gasteiger partial charge in [0, 0.05) is 24.7 Å². The molecule has 7 heteroatoms. The molecule has 4 nitrogen and oxygen atoms in total. The van der Waals surface area contributed by atoms with Crippen molar-refractivity contribution < 1.29 is 9.18 Å². The molecule has 3 heterocycles. The molecule has 2 aromatic rings. The van der Waals surface area contributed by atoms with Gasteiger partial charge in [-0.3, -0.25) is 9.48 Å². The molecule has 4 rings (SSSR count). The number of piperidine rings is 1. The Bertz CT molecular complexity index is 813. The first-order chi connectivity index (χ1) is 12.5. The van der Waals surface area contributed by atoms with Crippen LogP contribution in [0.1, 0.15) is 43.7 Å². The Balaban J connectivity index is 1.39. The van der Waals surface area contributed by atoms with E-state index in [0.29, 0.717) is 31.0 Å². The number of amides is 1. The predicted molar refractivity (Wildman–Crippen MR) is 102 cm³/mol. The molecule has 0 radical (unpaired) electrons. The van der Waals surface area contributed by atoms with Crippen LogP contribution < -0.4 is 0 Å². The molecule has 2 bridgehead atoms. The normalized spacial score (nSPS) is 24.9. The number of aryl methyl sites for hydroxylation is 1. The number of benzene rings is 1. The minimum absolute atomic E-state index is 0.112. The minimum atomic E-state index is -0.424. The van der Waals surface area contributed by atoms with E-state index in [2.05, 4.69) is 25.9 Å². The Labute approximate surface area is 165 Å². The van der Waals surface area contributed by atoms with E-state index >= 15 is 0 Å². The third-order valence-electron chi connectivity index (χ3n) is 5.55. The summed E-state index contributed by atoms with van der Waals surface area (Å²) in [5, 5.41) is 4.53. The zero-order valence-corrected chi connectivity index (χ0v) is 16.6. The topological polar surface area (TPSA) is 38.1 Å². The average Bonchev–Trinajstić information content (AvgIpc) is 3.16. The molecule has 0 N–H and O–H groups in total. The molecule has 26 heavy (non-hydrogen) atoms. The third-order valence-corrected chi connectivity index (χ3v) is 6.25. The fourth-order valence-electron chi connectivity index (χ4n) is 4.36. The molecule has 2 atom stereocenters. The van der Waals surface area contributed by atoms with Crippen molar-refractivity contribution in [1.29, 1.82) is 0 Å². The van der Waals surface area contributed by atoms with Crippen LogP contribution in [0.5, 0.6) is 0 Å². The van der Waals surface area contributed by atoms with Crippen LogP contribution >= 0.6 is 27.5 Å². The first kappa shape index (κ1) is 18.0. The second kappa shape index (κ2) is 7.31. The number of aromatic nitrogens is 2. The van der Waals surface area contributed by atoms with Crippen LogP contribution in [0.4, 0.5) is 4.39 Å². The van der Waals surface area contributed by atoms with Gasteiger partial charge in [0.25, 0.3) is 0 Å². The molecule has 2 saturated heterocycles. The maximum absolute atomic E-state index is 13.3. The lowest BCUT2D eigenvalue weighted by Gasteiger charge is -2.39. The highest BCUT2D eigenvalue weighted by Crippen LogP contribution is 2.41. The first-order valence-electron chi connectivity index (χ1n) is 8.96. The summed E-state index contributed by atoms with van der Waals surface area (Å²) in [7, 11) is 0. The monoisotopic (exact) mass is 439 g/mol. The van der Waals surface area contributed by atoms with Gasteiger partial charge in [0.2, 0.25) is 5.91 Å². The Kier molecular flexibility index (Phi) is 5.06. The highest BCUT2D eigenvalue weighted by molar-refractivity contribution is 9.10. The molecule has 0 spiro atoms. The predicted octanol–water partition coefficient (Wildman–Crippen LogP) is 4.77. The van der Waals surface area contributed by atoms with Gasteiger partial charge in [-0.1, -0.05) is 17.7 Å². The number of carbonyl (C=O) groups is 1. The van der Waals surface area contributed by atoms with E-state index in [-0.39, 0.29) is 10.9 Å². The van der Waals surface area contributed by atoms with Gasteiger partial charge in [-0.25, -0.2) is 4.39 Å². The molecule has 138 valence electrons. The number of carbonyl (C=O) groups excluding carboxylic acids is 1. The highest BCUT2D eigenvalue weighted by atomic mass is 79.9. The van der Waals surface area contributed by atoms with Crippen molar-refractivity contribution in [3.05, 3.63) is 51.5 Å². The summed E-state index contributed by atoms with van der Waals surface area (Å²) < 4.78 is 16.3. The molecular weight excluding hydrogens is 421 g/mol. The summed E-state index contributed by atoms with van der Waals surface area (Å²) in [5.74, 6) is -0.231. The quantitative estimate of drug-likeness (QED) is 0.687. The minimum Gasteiger partial charge on any atom is -0.337 e. The van der Waals surface area contributed by atoms with Gasteiger partial charge >= 0.3 is 0 Å². The second-order valence-corrected chi connectivity index (χ2v) is 8.52. The largest absolute Gasteiger partial charge is 0.337 e. The molecule has 2 unspecified atom stereocenters. The Morgan fingerprint density at radius 1 is 1.27 bits per heavy atom. The maximum Gasteiger partial charge on any atom is 0.223 e. The van der Waals surface area contributed by atoms with Crippen molar-refractivity contribution in [2.75, 3.05) is 0 Å². The summed E-state index contributed by atoms with van der Waals surface area (Å²) in [4.78, 5) is 14.9. The number of hydrogen-bond acceptors (Lipinski definition) is 2. The number of nitrogens with zero attached hydrogens (tertiary/aromatic N) is 3. The van der Waals surface area contributed by atoms with E-state index in [1.807, 2.05) is 17.1 Å². The van der Waals surface area contributed by atoms with E-state index < -0.39 is 5.82 Å². The van der Waals surface area contributed by atoms with E-state index in [0.717, 1.165) is 35.7 Å². The number of hydrogen-bond donors (Lipinski definition) is 0. The molecule has 1 aromatic heterocycles. The third kappa shape index (κ3) is 3.54. The van der Waals surface area contributed by atoms with Crippen LogP contribution in [0.15, 0.2) is 35.1 Å². The standard InChI is InChI=1S/C19H20BrClFN3O/c20-13-10-23-24(11-13)16-8-14-3-4-15(9-16)25(14)19(26)6-2-12-1-5-18(22)17(21)7-12/h1,5,7,10-11,14-16H,2-4,6,8-9H2. The Hall–Kier alpha value is -1.40. The number of fused-ring (bicyclic) bond motifs is 2. The summed E-state index contributed by atoms with van der Waals surface area (Å²) in [6, 6.07) is 5.63. The number of halogens is 3. The van der Waals surface area contributed by atoms with Crippen molar-refractivity contribution in [2.45, 2.75) is 56.7 Å². The zero-order chi connectivity index (χ0) is 18.3. The second-order valence-electron chi connectivity index (χ2n) is 7.20. The van der Waals surface area contributed by atoms with Crippen LogP contribution in [0, 0.1) is 5.82 Å². The van der Waals surface area contributed by atoms with E-state index in [1.165, 1.54) is 6.07 Å². The van der Waals surface area contributed by atoms with Gasteiger partial charge in [0.15, 0.2) is 0 Å². The van der Waals surface area contributed by atoms with Gasteiger partial charge in [0.05, 0.1) is 21.7 Å². The lowest BCUT2D eigenvalue weighted by atomic mass is 9.96. The van der Waals surface area contributed by atoms with Crippen molar-refractivity contribution in [3.63, 3.8) is 0 Å². The van der Waals surface area contributed by atoms with Gasteiger partial charge in [-0.2, -0.15) is 5.10 Å². The summed E-state index contributed by atoms with van der Waals surface area (Å²) in [5.41, 5.74) is 0.897. The fraction of sp³-hybridized carbons (Fsp3) is 0.474. The lowest BCUT2D eigenvalue weighted by molar-refractivity contribution is -0.136. The van der Waals surface area contributed by atoms with Crippen molar-refractivity contribution >= 4 is 33.4 Å². The number of rotatable bonds is 4. The van der Waals surface area contributed by atoms with Crippen molar-refractivity contribution in [2.24, 2.45) is 0 Å². The van der Waals surface area contributed by atoms with Gasteiger partial charge in [-0.05, 0) is 65.7 Å². The van der Waals surface area contributed by atoms with Gasteiger partial charge in [0.1, 0.15) is 5.82 Å². The molecule has 2 fully saturated rings. The van der Waals surface area contributed by atoms with Gasteiger partial charge < -0.3 is 4.90 Å². The van der Waals surface area contributed by atoms with Crippen LogP contribution in [0.3, 0.4) is 0 Å². The summed E-state index contributed by atoms with van der Waals surface area (Å²) >= 11 is 9.28. The van der Waals surface area contributed by atoms with Crippen LogP contribution in [0.25, 0.3) is 0 Å². The average molecular weight is 441 g/mol. The van der Waals surface area contributed by atoms with Gasteiger partial charge in [-0.15, -0.1) is 0 Å². The molecule has 0 saturated carbocycles. The summed E-state index contributed by atoms with van der Waals surface area (Å²) in [6.45, 7) is 0. The zero-order valence-electron chi connectivity index (χ0n) is 14.2. The molecule has 0 aliphatic carbocycles. The Morgan fingerprint density at radius 3 is 2.62 bits per heavy atom. The van der Waals surface area contributed by atoms with Crippen LogP contribution in [0.2, 0.25) is 5.02 Å².